The molecule has 3 fully saturated rings. The summed E-state index contributed by atoms with van der Waals surface area (Å²) in [6.45, 7) is 6.20. The van der Waals surface area contributed by atoms with Crippen molar-refractivity contribution in [2.75, 3.05) is 32.7 Å². The lowest BCUT2D eigenvalue weighted by atomic mass is 9.81. The zero-order chi connectivity index (χ0) is 18.1. The molecule has 5 nitrogen and oxygen atoms in total. The van der Waals surface area contributed by atoms with Gasteiger partial charge in [-0.15, -0.1) is 0 Å². The van der Waals surface area contributed by atoms with Gasteiger partial charge in [-0.25, -0.2) is 13.6 Å². The first-order chi connectivity index (χ1) is 12.5. The number of primary sulfonamides is 1. The van der Waals surface area contributed by atoms with E-state index in [0.29, 0.717) is 12.0 Å². The Morgan fingerprint density at radius 3 is 2.27 bits per heavy atom. The molecule has 0 aromatic heterocycles. The average Bonchev–Trinajstić information content (AvgIpc) is 3.46. The van der Waals surface area contributed by atoms with Crippen molar-refractivity contribution in [3.63, 3.8) is 0 Å². The van der Waals surface area contributed by atoms with E-state index in [1.165, 1.54) is 58.4 Å². The second-order valence-corrected chi connectivity index (χ2v) is 9.96. The SMILES string of the molecule is NS(=O)(=O)c1cccc(C2CCC(N3CCN(CC4CC4)CC3)CC2)c1. The highest BCUT2D eigenvalue weighted by Crippen LogP contribution is 2.36. The highest BCUT2D eigenvalue weighted by atomic mass is 32.2. The summed E-state index contributed by atoms with van der Waals surface area (Å²) in [6.07, 6.45) is 7.59. The smallest absolute Gasteiger partial charge is 0.238 e. The van der Waals surface area contributed by atoms with Gasteiger partial charge in [0.25, 0.3) is 0 Å². The molecule has 1 saturated heterocycles. The fourth-order valence-electron chi connectivity index (χ4n) is 4.70. The molecular formula is C20H31N3O2S. The Balaban J connectivity index is 1.29. The molecule has 0 spiro atoms. The minimum absolute atomic E-state index is 0.240. The number of sulfonamides is 1. The van der Waals surface area contributed by atoms with Crippen molar-refractivity contribution in [3.05, 3.63) is 29.8 Å². The number of hydrogen-bond acceptors (Lipinski definition) is 4. The third-order valence-electron chi connectivity index (χ3n) is 6.49. The van der Waals surface area contributed by atoms with Crippen LogP contribution in [-0.2, 0) is 10.0 Å². The van der Waals surface area contributed by atoms with Gasteiger partial charge in [0.15, 0.2) is 0 Å². The van der Waals surface area contributed by atoms with Crippen LogP contribution in [0.25, 0.3) is 0 Å². The van der Waals surface area contributed by atoms with Gasteiger partial charge in [0.05, 0.1) is 4.90 Å². The summed E-state index contributed by atoms with van der Waals surface area (Å²) in [6, 6.07) is 7.94. The fourth-order valence-corrected chi connectivity index (χ4v) is 5.26. The van der Waals surface area contributed by atoms with E-state index in [2.05, 4.69) is 15.9 Å². The van der Waals surface area contributed by atoms with Crippen LogP contribution in [0.15, 0.2) is 29.2 Å². The van der Waals surface area contributed by atoms with Gasteiger partial charge in [0.1, 0.15) is 0 Å². The third-order valence-corrected chi connectivity index (χ3v) is 7.40. The summed E-state index contributed by atoms with van der Waals surface area (Å²) in [4.78, 5) is 5.59. The van der Waals surface area contributed by atoms with Crippen molar-refractivity contribution < 1.29 is 8.42 Å². The maximum absolute atomic E-state index is 11.6. The van der Waals surface area contributed by atoms with Gasteiger partial charge < -0.3 is 4.90 Å². The van der Waals surface area contributed by atoms with E-state index in [-0.39, 0.29) is 4.90 Å². The van der Waals surface area contributed by atoms with E-state index in [9.17, 15) is 8.42 Å². The monoisotopic (exact) mass is 377 g/mol. The fraction of sp³-hybridized carbons (Fsp3) is 0.700. The van der Waals surface area contributed by atoms with E-state index in [1.807, 2.05) is 6.07 Å². The maximum atomic E-state index is 11.6. The Morgan fingerprint density at radius 2 is 1.65 bits per heavy atom. The predicted molar refractivity (Wildman–Crippen MR) is 104 cm³/mol. The lowest BCUT2D eigenvalue weighted by Crippen LogP contribution is -2.51. The minimum Gasteiger partial charge on any atom is -0.301 e. The lowest BCUT2D eigenvalue weighted by molar-refractivity contribution is 0.0739. The molecule has 4 rings (SSSR count). The van der Waals surface area contributed by atoms with Crippen molar-refractivity contribution in [3.8, 4) is 0 Å². The molecule has 0 atom stereocenters. The summed E-state index contributed by atoms with van der Waals surface area (Å²) >= 11 is 0. The molecule has 26 heavy (non-hydrogen) atoms. The molecule has 2 saturated carbocycles. The Kier molecular flexibility index (Phi) is 5.37. The average molecular weight is 378 g/mol. The number of nitrogens with two attached hydrogens (primary N) is 1. The summed E-state index contributed by atoms with van der Waals surface area (Å²) in [5.41, 5.74) is 1.13. The lowest BCUT2D eigenvalue weighted by Gasteiger charge is -2.42. The van der Waals surface area contributed by atoms with Crippen LogP contribution in [0.5, 0.6) is 0 Å². The van der Waals surface area contributed by atoms with Gasteiger partial charge in [-0.1, -0.05) is 12.1 Å². The Labute approximate surface area is 157 Å². The standard InChI is InChI=1S/C20H31N3O2S/c21-26(24,25)20-3-1-2-18(14-20)17-6-8-19(9-7-17)23-12-10-22(11-13-23)15-16-4-5-16/h1-3,14,16-17,19H,4-13,15H2,(H2,21,24,25). The van der Waals surface area contributed by atoms with Crippen molar-refractivity contribution in [1.29, 1.82) is 0 Å². The van der Waals surface area contributed by atoms with Gasteiger partial charge in [-0.3, -0.25) is 4.90 Å². The molecule has 2 aliphatic carbocycles. The number of nitrogens with zero attached hydrogens (tertiary/aromatic N) is 2. The molecule has 1 heterocycles. The molecule has 0 bridgehead atoms. The first-order valence-electron chi connectivity index (χ1n) is 10.1. The highest BCUT2D eigenvalue weighted by Gasteiger charge is 2.31. The van der Waals surface area contributed by atoms with Gasteiger partial charge in [-0.05, 0) is 68.1 Å². The second kappa shape index (κ2) is 7.58. The third kappa shape index (κ3) is 4.47. The first-order valence-corrected chi connectivity index (χ1v) is 11.6. The molecule has 0 unspecified atom stereocenters. The number of piperazine rings is 1. The van der Waals surface area contributed by atoms with Crippen LogP contribution in [0.1, 0.15) is 50.0 Å². The molecule has 1 aromatic rings. The zero-order valence-corrected chi connectivity index (χ0v) is 16.3. The molecule has 1 aromatic carbocycles. The minimum atomic E-state index is -3.61. The van der Waals surface area contributed by atoms with Crippen LogP contribution in [0.3, 0.4) is 0 Å². The van der Waals surface area contributed by atoms with Crippen molar-refractivity contribution in [1.82, 2.24) is 9.80 Å². The first kappa shape index (κ1) is 18.4. The molecule has 2 N–H and O–H groups in total. The summed E-state index contributed by atoms with van der Waals surface area (Å²) in [7, 11) is -3.61. The molecule has 0 radical (unpaired) electrons. The van der Waals surface area contributed by atoms with Crippen LogP contribution in [0, 0.1) is 5.92 Å². The number of benzene rings is 1. The Hall–Kier alpha value is -0.950. The Morgan fingerprint density at radius 1 is 0.962 bits per heavy atom. The largest absolute Gasteiger partial charge is 0.301 e. The molecular weight excluding hydrogens is 346 g/mol. The van der Waals surface area contributed by atoms with Gasteiger partial charge in [0.2, 0.25) is 10.0 Å². The predicted octanol–water partition coefficient (Wildman–Crippen LogP) is 2.39. The molecule has 0 amide bonds. The number of rotatable bonds is 5. The topological polar surface area (TPSA) is 66.6 Å². The van der Waals surface area contributed by atoms with Crippen molar-refractivity contribution in [2.24, 2.45) is 11.1 Å². The van der Waals surface area contributed by atoms with E-state index in [4.69, 9.17) is 5.14 Å². The van der Waals surface area contributed by atoms with Crippen molar-refractivity contribution >= 4 is 10.0 Å². The van der Waals surface area contributed by atoms with Crippen LogP contribution >= 0.6 is 0 Å². The van der Waals surface area contributed by atoms with Gasteiger partial charge >= 0.3 is 0 Å². The highest BCUT2D eigenvalue weighted by molar-refractivity contribution is 7.89. The molecule has 3 aliphatic rings. The second-order valence-electron chi connectivity index (χ2n) is 8.40. The summed E-state index contributed by atoms with van der Waals surface area (Å²) in [5.74, 6) is 1.45. The maximum Gasteiger partial charge on any atom is 0.238 e. The van der Waals surface area contributed by atoms with Crippen LogP contribution in [0.4, 0.5) is 0 Å². The quantitative estimate of drug-likeness (QED) is 0.856. The number of hydrogen-bond donors (Lipinski definition) is 1. The van der Waals surface area contributed by atoms with E-state index >= 15 is 0 Å². The molecule has 6 heteroatoms. The normalized spacial score (nSPS) is 29.0. The van der Waals surface area contributed by atoms with E-state index in [0.717, 1.165) is 24.3 Å². The van der Waals surface area contributed by atoms with E-state index < -0.39 is 10.0 Å². The van der Waals surface area contributed by atoms with E-state index in [1.54, 1.807) is 12.1 Å². The Bertz CT molecular complexity index is 716. The van der Waals surface area contributed by atoms with Crippen molar-refractivity contribution in [2.45, 2.75) is 55.4 Å². The zero-order valence-electron chi connectivity index (χ0n) is 15.5. The van der Waals surface area contributed by atoms with Crippen LogP contribution in [0.2, 0.25) is 0 Å². The van der Waals surface area contributed by atoms with Gasteiger partial charge in [-0.2, -0.15) is 0 Å². The summed E-state index contributed by atoms with van der Waals surface area (Å²) < 4.78 is 23.2. The molecule has 144 valence electrons. The van der Waals surface area contributed by atoms with Gasteiger partial charge in [0, 0.05) is 38.8 Å². The van der Waals surface area contributed by atoms with Crippen LogP contribution < -0.4 is 5.14 Å². The summed E-state index contributed by atoms with van der Waals surface area (Å²) in [5, 5.41) is 5.28. The van der Waals surface area contributed by atoms with Crippen LogP contribution in [-0.4, -0.2) is 57.0 Å². The molecule has 1 aliphatic heterocycles.